The van der Waals surface area contributed by atoms with E-state index in [9.17, 15) is 8.78 Å². The van der Waals surface area contributed by atoms with E-state index < -0.39 is 11.6 Å². The van der Waals surface area contributed by atoms with E-state index >= 15 is 0 Å². The minimum atomic E-state index is -0.573. The molecule has 0 atom stereocenters. The van der Waals surface area contributed by atoms with Gasteiger partial charge in [-0.15, -0.1) is 0 Å². The molecule has 0 unspecified atom stereocenters. The van der Waals surface area contributed by atoms with Gasteiger partial charge in [-0.3, -0.25) is 0 Å². The Hall–Kier alpha value is -1.42. The summed E-state index contributed by atoms with van der Waals surface area (Å²) >= 11 is 1.25. The van der Waals surface area contributed by atoms with Crippen molar-refractivity contribution < 1.29 is 8.78 Å². The third-order valence-electron chi connectivity index (χ3n) is 2.38. The number of hydrogen-bond donors (Lipinski definition) is 0. The van der Waals surface area contributed by atoms with E-state index in [4.69, 9.17) is 0 Å². The lowest BCUT2D eigenvalue weighted by Gasteiger charge is -2.04. The number of rotatable bonds is 2. The van der Waals surface area contributed by atoms with Gasteiger partial charge in [0.15, 0.2) is 0 Å². The predicted octanol–water partition coefficient (Wildman–Crippen LogP) is 4.13. The van der Waals surface area contributed by atoms with Crippen LogP contribution in [0, 0.1) is 25.5 Å². The Kier molecular flexibility index (Phi) is 3.43. The molecule has 0 radical (unpaired) electrons. The first-order valence-electron chi connectivity index (χ1n) is 5.13. The highest BCUT2D eigenvalue weighted by atomic mass is 32.2. The maximum atomic E-state index is 13.0. The highest BCUT2D eigenvalue weighted by Crippen LogP contribution is 2.27. The minimum Gasteiger partial charge on any atom is -0.246 e. The lowest BCUT2D eigenvalue weighted by molar-refractivity contribution is 0.577. The van der Waals surface area contributed by atoms with Crippen molar-refractivity contribution in [1.29, 1.82) is 0 Å². The van der Waals surface area contributed by atoms with Gasteiger partial charge in [0.1, 0.15) is 16.7 Å². The highest BCUT2D eigenvalue weighted by molar-refractivity contribution is 7.99. The largest absolute Gasteiger partial charge is 0.246 e. The van der Waals surface area contributed by atoms with Crippen molar-refractivity contribution in [2.75, 3.05) is 0 Å². The van der Waals surface area contributed by atoms with Crippen LogP contribution in [0.4, 0.5) is 8.78 Å². The SMILES string of the molecule is Cc1ccc(Sc2cc(F)cc(F)c2)nc1C. The van der Waals surface area contributed by atoms with Crippen LogP contribution in [0.5, 0.6) is 0 Å². The van der Waals surface area contributed by atoms with Crippen molar-refractivity contribution in [3.05, 3.63) is 53.2 Å². The van der Waals surface area contributed by atoms with Crippen molar-refractivity contribution in [2.24, 2.45) is 0 Å². The molecule has 2 rings (SSSR count). The molecule has 4 heteroatoms. The summed E-state index contributed by atoms with van der Waals surface area (Å²) in [5.74, 6) is -1.15. The molecule has 0 fully saturated rings. The quantitative estimate of drug-likeness (QED) is 0.796. The van der Waals surface area contributed by atoms with Gasteiger partial charge in [-0.1, -0.05) is 17.8 Å². The molecule has 1 nitrogen and oxygen atoms in total. The molecule has 0 saturated heterocycles. The summed E-state index contributed by atoms with van der Waals surface area (Å²) in [6, 6.07) is 7.24. The van der Waals surface area contributed by atoms with Crippen LogP contribution >= 0.6 is 11.8 Å². The van der Waals surface area contributed by atoms with E-state index in [0.29, 0.717) is 4.90 Å². The lowest BCUT2D eigenvalue weighted by atomic mass is 10.2. The number of pyridine rings is 1. The molecule has 1 heterocycles. The fraction of sp³-hybridized carbons (Fsp3) is 0.154. The van der Waals surface area contributed by atoms with Crippen LogP contribution in [-0.2, 0) is 0 Å². The van der Waals surface area contributed by atoms with Gasteiger partial charge in [-0.2, -0.15) is 0 Å². The average Bonchev–Trinajstić information content (AvgIpc) is 2.22. The molecule has 0 aliphatic heterocycles. The van der Waals surface area contributed by atoms with E-state index in [-0.39, 0.29) is 0 Å². The number of nitrogens with zero attached hydrogens (tertiary/aromatic N) is 1. The van der Waals surface area contributed by atoms with E-state index in [0.717, 1.165) is 22.3 Å². The molecule has 2 aromatic rings. The van der Waals surface area contributed by atoms with Crippen LogP contribution < -0.4 is 0 Å². The number of hydrogen-bond acceptors (Lipinski definition) is 2. The monoisotopic (exact) mass is 251 g/mol. The molecule has 0 aliphatic carbocycles. The molecule has 17 heavy (non-hydrogen) atoms. The minimum absolute atomic E-state index is 0.512. The molecule has 0 bridgehead atoms. The summed E-state index contributed by atoms with van der Waals surface area (Å²) in [4.78, 5) is 4.86. The van der Waals surface area contributed by atoms with Gasteiger partial charge >= 0.3 is 0 Å². The molecule has 0 saturated carbocycles. The Morgan fingerprint density at radius 2 is 1.65 bits per heavy atom. The van der Waals surface area contributed by atoms with Gasteiger partial charge in [0.05, 0.1) is 0 Å². The smallest absolute Gasteiger partial charge is 0.127 e. The van der Waals surface area contributed by atoms with Gasteiger partial charge < -0.3 is 0 Å². The second kappa shape index (κ2) is 4.84. The van der Waals surface area contributed by atoms with Crippen molar-refractivity contribution >= 4 is 11.8 Å². The van der Waals surface area contributed by atoms with E-state index in [1.165, 1.54) is 23.9 Å². The van der Waals surface area contributed by atoms with Crippen LogP contribution in [-0.4, -0.2) is 4.98 Å². The van der Waals surface area contributed by atoms with E-state index in [1.807, 2.05) is 26.0 Å². The third kappa shape index (κ3) is 3.03. The second-order valence-corrected chi connectivity index (χ2v) is 4.85. The molecule has 0 amide bonds. The van der Waals surface area contributed by atoms with Crippen LogP contribution in [0.15, 0.2) is 40.3 Å². The summed E-state index contributed by atoms with van der Waals surface area (Å²) in [6.45, 7) is 3.88. The summed E-state index contributed by atoms with van der Waals surface area (Å²) < 4.78 is 26.0. The Balaban J connectivity index is 2.28. The number of benzene rings is 1. The Labute approximate surface area is 103 Å². The molecular formula is C13H11F2NS. The predicted molar refractivity (Wildman–Crippen MR) is 64.2 cm³/mol. The standard InChI is InChI=1S/C13H11F2NS/c1-8-3-4-13(16-9(8)2)17-12-6-10(14)5-11(15)7-12/h3-7H,1-2H3. The van der Waals surface area contributed by atoms with Crippen molar-refractivity contribution in [2.45, 2.75) is 23.8 Å². The zero-order valence-electron chi connectivity index (χ0n) is 9.50. The Morgan fingerprint density at radius 1 is 1.00 bits per heavy atom. The van der Waals surface area contributed by atoms with Crippen molar-refractivity contribution in [1.82, 2.24) is 4.98 Å². The van der Waals surface area contributed by atoms with Crippen LogP contribution in [0.25, 0.3) is 0 Å². The summed E-state index contributed by atoms with van der Waals surface area (Å²) in [5.41, 5.74) is 2.02. The van der Waals surface area contributed by atoms with Gasteiger partial charge in [0.2, 0.25) is 0 Å². The number of aromatic nitrogens is 1. The first-order chi connectivity index (χ1) is 8.04. The maximum absolute atomic E-state index is 13.0. The van der Waals surface area contributed by atoms with E-state index in [1.54, 1.807) is 0 Å². The van der Waals surface area contributed by atoms with Crippen molar-refractivity contribution in [3.63, 3.8) is 0 Å². The molecule has 0 N–H and O–H groups in total. The normalized spacial score (nSPS) is 10.6. The first kappa shape index (κ1) is 12.0. The third-order valence-corrected chi connectivity index (χ3v) is 3.29. The summed E-state index contributed by atoms with van der Waals surface area (Å²) in [7, 11) is 0. The fourth-order valence-corrected chi connectivity index (χ4v) is 2.28. The van der Waals surface area contributed by atoms with Gasteiger partial charge in [0, 0.05) is 16.7 Å². The summed E-state index contributed by atoms with van der Waals surface area (Å²) in [6.07, 6.45) is 0. The lowest BCUT2D eigenvalue weighted by Crippen LogP contribution is -1.89. The molecule has 0 aliphatic rings. The first-order valence-corrected chi connectivity index (χ1v) is 5.94. The molecule has 1 aromatic carbocycles. The molecular weight excluding hydrogens is 240 g/mol. The molecule has 88 valence electrons. The van der Waals surface area contributed by atoms with Crippen LogP contribution in [0.1, 0.15) is 11.3 Å². The van der Waals surface area contributed by atoms with Gasteiger partial charge in [0.25, 0.3) is 0 Å². The average molecular weight is 251 g/mol. The van der Waals surface area contributed by atoms with E-state index in [2.05, 4.69) is 4.98 Å². The van der Waals surface area contributed by atoms with Crippen molar-refractivity contribution in [3.8, 4) is 0 Å². The molecule has 0 spiro atoms. The maximum Gasteiger partial charge on any atom is 0.127 e. The van der Waals surface area contributed by atoms with Crippen LogP contribution in [0.2, 0.25) is 0 Å². The summed E-state index contributed by atoms with van der Waals surface area (Å²) in [5, 5.41) is 0.734. The topological polar surface area (TPSA) is 12.9 Å². The zero-order chi connectivity index (χ0) is 12.4. The van der Waals surface area contributed by atoms with Gasteiger partial charge in [-0.25, -0.2) is 13.8 Å². The highest BCUT2D eigenvalue weighted by Gasteiger charge is 2.04. The van der Waals surface area contributed by atoms with Crippen LogP contribution in [0.3, 0.4) is 0 Å². The second-order valence-electron chi connectivity index (χ2n) is 3.76. The Bertz CT molecular complexity index is 535. The Morgan fingerprint density at radius 3 is 2.24 bits per heavy atom. The van der Waals surface area contributed by atoms with Gasteiger partial charge in [-0.05, 0) is 37.6 Å². The zero-order valence-corrected chi connectivity index (χ0v) is 10.3. The number of aryl methyl sites for hydroxylation is 2. The molecule has 1 aromatic heterocycles. The number of halogens is 2. The fourth-order valence-electron chi connectivity index (χ4n) is 1.37.